The first-order valence-electron chi connectivity index (χ1n) is 7.64. The monoisotopic (exact) mass is 290 g/mol. The molecular formula is C16H26N4O. The molecule has 0 spiro atoms. The average Bonchev–Trinajstić information content (AvgIpc) is 2.52. The third-order valence-electron chi connectivity index (χ3n) is 3.75. The van der Waals surface area contributed by atoms with E-state index in [2.05, 4.69) is 39.4 Å². The van der Waals surface area contributed by atoms with Crippen LogP contribution >= 0.6 is 0 Å². The summed E-state index contributed by atoms with van der Waals surface area (Å²) >= 11 is 0. The van der Waals surface area contributed by atoms with Gasteiger partial charge >= 0.3 is 6.03 Å². The molecule has 0 atom stereocenters. The highest BCUT2D eigenvalue weighted by Crippen LogP contribution is 2.15. The van der Waals surface area contributed by atoms with Crippen LogP contribution in [0.5, 0.6) is 0 Å². The first-order chi connectivity index (χ1) is 10.2. The Morgan fingerprint density at radius 2 is 1.81 bits per heavy atom. The molecule has 0 bridgehead atoms. The lowest BCUT2D eigenvalue weighted by Crippen LogP contribution is -2.52. The number of nitrogens with zero attached hydrogens (tertiary/aromatic N) is 3. The van der Waals surface area contributed by atoms with Crippen molar-refractivity contribution in [2.24, 2.45) is 0 Å². The predicted octanol–water partition coefficient (Wildman–Crippen LogP) is 1.47. The summed E-state index contributed by atoms with van der Waals surface area (Å²) < 4.78 is 0. The van der Waals surface area contributed by atoms with E-state index >= 15 is 0 Å². The molecule has 0 aliphatic carbocycles. The maximum absolute atomic E-state index is 12.1. The zero-order chi connectivity index (χ0) is 15.1. The van der Waals surface area contributed by atoms with Crippen molar-refractivity contribution in [2.75, 3.05) is 58.3 Å². The summed E-state index contributed by atoms with van der Waals surface area (Å²) in [5.74, 6) is 0. The number of piperazine rings is 1. The van der Waals surface area contributed by atoms with Crippen LogP contribution in [0.1, 0.15) is 6.42 Å². The maximum Gasteiger partial charge on any atom is 0.317 e. The fourth-order valence-electron chi connectivity index (χ4n) is 2.51. The number of rotatable bonds is 5. The number of benzene rings is 1. The van der Waals surface area contributed by atoms with Gasteiger partial charge in [0.05, 0.1) is 0 Å². The number of carbonyl (C=O) groups excluding carboxylic acids is 1. The van der Waals surface area contributed by atoms with Crippen molar-refractivity contribution in [1.29, 1.82) is 0 Å². The van der Waals surface area contributed by atoms with Crippen LogP contribution in [0.2, 0.25) is 0 Å². The maximum atomic E-state index is 12.1. The number of anilines is 1. The zero-order valence-corrected chi connectivity index (χ0v) is 13.1. The normalized spacial score (nSPS) is 15.4. The van der Waals surface area contributed by atoms with Crippen LogP contribution in [0.4, 0.5) is 10.5 Å². The molecule has 0 saturated carbocycles. The van der Waals surface area contributed by atoms with E-state index in [0.717, 1.165) is 45.7 Å². The van der Waals surface area contributed by atoms with E-state index < -0.39 is 0 Å². The van der Waals surface area contributed by atoms with Crippen LogP contribution in [0.25, 0.3) is 0 Å². The van der Waals surface area contributed by atoms with Crippen molar-refractivity contribution in [3.63, 3.8) is 0 Å². The van der Waals surface area contributed by atoms with Crippen molar-refractivity contribution < 1.29 is 4.79 Å². The first kappa shape index (κ1) is 15.6. The topological polar surface area (TPSA) is 38.8 Å². The van der Waals surface area contributed by atoms with Gasteiger partial charge in [-0.3, -0.25) is 0 Å². The van der Waals surface area contributed by atoms with Crippen molar-refractivity contribution in [3.8, 4) is 0 Å². The highest BCUT2D eigenvalue weighted by molar-refractivity contribution is 5.74. The number of amides is 2. The Kier molecular flexibility index (Phi) is 5.87. The first-order valence-corrected chi connectivity index (χ1v) is 7.64. The van der Waals surface area contributed by atoms with Gasteiger partial charge in [-0.05, 0) is 39.2 Å². The van der Waals surface area contributed by atoms with Gasteiger partial charge in [-0.25, -0.2) is 4.79 Å². The third kappa shape index (κ3) is 4.93. The van der Waals surface area contributed by atoms with Crippen LogP contribution in [0, 0.1) is 0 Å². The number of nitrogens with one attached hydrogen (secondary N) is 1. The molecule has 2 amide bonds. The van der Waals surface area contributed by atoms with Crippen LogP contribution in [-0.4, -0.2) is 69.2 Å². The van der Waals surface area contributed by atoms with E-state index in [9.17, 15) is 4.79 Å². The minimum Gasteiger partial charge on any atom is -0.368 e. The van der Waals surface area contributed by atoms with E-state index in [1.54, 1.807) is 0 Å². The number of urea groups is 1. The van der Waals surface area contributed by atoms with Gasteiger partial charge < -0.3 is 20.0 Å². The quantitative estimate of drug-likeness (QED) is 0.835. The Morgan fingerprint density at radius 3 is 2.43 bits per heavy atom. The Balaban J connectivity index is 1.70. The van der Waals surface area contributed by atoms with Gasteiger partial charge in [-0.1, -0.05) is 18.2 Å². The molecule has 21 heavy (non-hydrogen) atoms. The number of para-hydroxylation sites is 1. The second-order valence-electron chi connectivity index (χ2n) is 5.70. The average molecular weight is 290 g/mol. The molecule has 5 heteroatoms. The molecule has 1 saturated heterocycles. The Bertz CT molecular complexity index is 427. The van der Waals surface area contributed by atoms with Gasteiger partial charge in [0, 0.05) is 38.4 Å². The molecule has 1 fully saturated rings. The van der Waals surface area contributed by atoms with Gasteiger partial charge in [0.2, 0.25) is 0 Å². The molecular weight excluding hydrogens is 264 g/mol. The lowest BCUT2D eigenvalue weighted by molar-refractivity contribution is 0.194. The summed E-state index contributed by atoms with van der Waals surface area (Å²) in [6, 6.07) is 10.5. The van der Waals surface area contributed by atoms with E-state index in [-0.39, 0.29) is 6.03 Å². The number of hydrogen-bond donors (Lipinski definition) is 1. The van der Waals surface area contributed by atoms with Gasteiger partial charge in [0.25, 0.3) is 0 Å². The molecule has 0 radical (unpaired) electrons. The number of hydrogen-bond acceptors (Lipinski definition) is 3. The predicted molar refractivity (Wildman–Crippen MR) is 86.8 cm³/mol. The fourth-order valence-corrected chi connectivity index (χ4v) is 2.51. The summed E-state index contributed by atoms with van der Waals surface area (Å²) in [6.45, 7) is 5.12. The SMILES string of the molecule is CN(C)CCCNC(=O)N1CCN(c2ccccc2)CC1. The summed E-state index contributed by atoms with van der Waals surface area (Å²) in [7, 11) is 4.09. The fraction of sp³-hybridized carbons (Fsp3) is 0.562. The summed E-state index contributed by atoms with van der Waals surface area (Å²) in [6.07, 6.45) is 0.989. The molecule has 5 nitrogen and oxygen atoms in total. The molecule has 1 heterocycles. The molecule has 116 valence electrons. The zero-order valence-electron chi connectivity index (χ0n) is 13.1. The lowest BCUT2D eigenvalue weighted by atomic mass is 10.2. The summed E-state index contributed by atoms with van der Waals surface area (Å²) in [5.41, 5.74) is 1.24. The van der Waals surface area contributed by atoms with E-state index in [4.69, 9.17) is 0 Å². The minimum atomic E-state index is 0.0708. The Hall–Kier alpha value is -1.75. The molecule has 0 unspecified atom stereocenters. The summed E-state index contributed by atoms with van der Waals surface area (Å²) in [4.78, 5) is 18.4. The van der Waals surface area contributed by atoms with E-state index in [1.807, 2.05) is 25.1 Å². The van der Waals surface area contributed by atoms with Crippen LogP contribution < -0.4 is 10.2 Å². The van der Waals surface area contributed by atoms with E-state index in [1.165, 1.54) is 5.69 Å². The summed E-state index contributed by atoms with van der Waals surface area (Å²) in [5, 5.41) is 3.00. The molecule has 2 rings (SSSR count). The molecule has 0 aromatic heterocycles. The highest BCUT2D eigenvalue weighted by Gasteiger charge is 2.20. The van der Waals surface area contributed by atoms with E-state index in [0.29, 0.717) is 0 Å². The van der Waals surface area contributed by atoms with Crippen LogP contribution in [0.3, 0.4) is 0 Å². The second-order valence-corrected chi connectivity index (χ2v) is 5.70. The number of carbonyl (C=O) groups is 1. The van der Waals surface area contributed by atoms with Gasteiger partial charge in [0.1, 0.15) is 0 Å². The molecule has 1 N–H and O–H groups in total. The molecule has 1 aliphatic rings. The van der Waals surface area contributed by atoms with Crippen LogP contribution in [-0.2, 0) is 0 Å². The molecule has 1 aromatic rings. The van der Waals surface area contributed by atoms with Crippen molar-refractivity contribution in [3.05, 3.63) is 30.3 Å². The Labute approximate surface area is 127 Å². The van der Waals surface area contributed by atoms with Gasteiger partial charge in [-0.2, -0.15) is 0 Å². The Morgan fingerprint density at radius 1 is 1.14 bits per heavy atom. The second kappa shape index (κ2) is 7.88. The minimum absolute atomic E-state index is 0.0708. The molecule has 1 aliphatic heterocycles. The van der Waals surface area contributed by atoms with Crippen LogP contribution in [0.15, 0.2) is 30.3 Å². The standard InChI is InChI=1S/C16H26N4O/c1-18(2)10-6-9-17-16(21)20-13-11-19(12-14-20)15-7-4-3-5-8-15/h3-5,7-8H,6,9-14H2,1-2H3,(H,17,21). The van der Waals surface area contributed by atoms with Gasteiger partial charge in [-0.15, -0.1) is 0 Å². The smallest absolute Gasteiger partial charge is 0.317 e. The highest BCUT2D eigenvalue weighted by atomic mass is 16.2. The van der Waals surface area contributed by atoms with Crippen molar-refractivity contribution in [2.45, 2.75) is 6.42 Å². The van der Waals surface area contributed by atoms with Crippen molar-refractivity contribution in [1.82, 2.24) is 15.1 Å². The third-order valence-corrected chi connectivity index (χ3v) is 3.75. The van der Waals surface area contributed by atoms with Gasteiger partial charge in [0.15, 0.2) is 0 Å². The molecule has 1 aromatic carbocycles. The largest absolute Gasteiger partial charge is 0.368 e. The van der Waals surface area contributed by atoms with Crippen molar-refractivity contribution >= 4 is 11.7 Å². The lowest BCUT2D eigenvalue weighted by Gasteiger charge is -2.36.